The number of benzene rings is 2. The van der Waals surface area contributed by atoms with Gasteiger partial charge in [0.05, 0.1) is 5.37 Å². The third-order valence-electron chi connectivity index (χ3n) is 2.89. The van der Waals surface area contributed by atoms with Crippen molar-refractivity contribution in [1.29, 1.82) is 0 Å². The Morgan fingerprint density at radius 2 is 1.58 bits per heavy atom. The van der Waals surface area contributed by atoms with Gasteiger partial charge in [0.1, 0.15) is 0 Å². The van der Waals surface area contributed by atoms with E-state index < -0.39 is 0 Å². The summed E-state index contributed by atoms with van der Waals surface area (Å²) < 4.78 is 0. The van der Waals surface area contributed by atoms with E-state index in [-0.39, 0.29) is 5.37 Å². The largest absolute Gasteiger partial charge is 0.372 e. The SMILES string of the molecule is CN(Cc1ccccc1)CC(S)Nc1ccccc1. The molecule has 0 saturated heterocycles. The molecule has 0 aromatic heterocycles. The van der Waals surface area contributed by atoms with Gasteiger partial charge in [-0.05, 0) is 24.7 Å². The maximum Gasteiger partial charge on any atom is 0.0821 e. The molecule has 0 bridgehead atoms. The summed E-state index contributed by atoms with van der Waals surface area (Å²) in [7, 11) is 2.11. The minimum atomic E-state index is 0.121. The molecule has 0 fully saturated rings. The van der Waals surface area contributed by atoms with Crippen LogP contribution >= 0.6 is 12.6 Å². The maximum atomic E-state index is 4.59. The predicted molar refractivity (Wildman–Crippen MR) is 85.6 cm³/mol. The van der Waals surface area contributed by atoms with Gasteiger partial charge in [-0.25, -0.2) is 0 Å². The van der Waals surface area contributed by atoms with E-state index in [2.05, 4.69) is 66.3 Å². The zero-order valence-corrected chi connectivity index (χ0v) is 12.1. The van der Waals surface area contributed by atoms with Crippen molar-refractivity contribution in [2.75, 3.05) is 18.9 Å². The van der Waals surface area contributed by atoms with Gasteiger partial charge in [-0.3, -0.25) is 4.90 Å². The summed E-state index contributed by atoms with van der Waals surface area (Å²) in [5.41, 5.74) is 2.43. The number of para-hydroxylation sites is 1. The van der Waals surface area contributed by atoms with E-state index >= 15 is 0 Å². The van der Waals surface area contributed by atoms with Gasteiger partial charge in [-0.2, -0.15) is 12.6 Å². The molecule has 0 aliphatic carbocycles. The Labute approximate surface area is 120 Å². The number of hydrogen-bond acceptors (Lipinski definition) is 3. The lowest BCUT2D eigenvalue weighted by Gasteiger charge is -2.22. The summed E-state index contributed by atoms with van der Waals surface area (Å²) in [6.07, 6.45) is 0. The molecule has 0 aliphatic heterocycles. The number of rotatable bonds is 6. The van der Waals surface area contributed by atoms with Crippen molar-refractivity contribution in [3.63, 3.8) is 0 Å². The maximum absolute atomic E-state index is 4.59. The average Bonchev–Trinajstić information content (AvgIpc) is 2.40. The molecule has 100 valence electrons. The molecule has 1 unspecified atom stereocenters. The Hall–Kier alpha value is -1.45. The van der Waals surface area contributed by atoms with Crippen molar-refractivity contribution in [1.82, 2.24) is 4.90 Å². The molecule has 2 rings (SSSR count). The highest BCUT2D eigenvalue weighted by molar-refractivity contribution is 7.81. The Morgan fingerprint density at radius 1 is 1.00 bits per heavy atom. The van der Waals surface area contributed by atoms with Gasteiger partial charge in [0.25, 0.3) is 0 Å². The van der Waals surface area contributed by atoms with Gasteiger partial charge in [0, 0.05) is 18.8 Å². The third kappa shape index (κ3) is 4.97. The summed E-state index contributed by atoms with van der Waals surface area (Å²) in [6.45, 7) is 1.82. The number of anilines is 1. The van der Waals surface area contributed by atoms with Crippen LogP contribution in [0, 0.1) is 0 Å². The molecule has 0 amide bonds. The van der Waals surface area contributed by atoms with Crippen molar-refractivity contribution in [2.45, 2.75) is 11.9 Å². The minimum absolute atomic E-state index is 0.121. The van der Waals surface area contributed by atoms with Crippen LogP contribution in [0.3, 0.4) is 0 Å². The molecule has 0 spiro atoms. The van der Waals surface area contributed by atoms with Crippen LogP contribution in [0.4, 0.5) is 5.69 Å². The van der Waals surface area contributed by atoms with E-state index in [4.69, 9.17) is 0 Å². The van der Waals surface area contributed by atoms with E-state index in [0.717, 1.165) is 18.8 Å². The van der Waals surface area contributed by atoms with Gasteiger partial charge < -0.3 is 5.32 Å². The van der Waals surface area contributed by atoms with Crippen LogP contribution < -0.4 is 5.32 Å². The molecular weight excluding hydrogens is 252 g/mol. The lowest BCUT2D eigenvalue weighted by Crippen LogP contribution is -2.30. The topological polar surface area (TPSA) is 15.3 Å². The first-order valence-corrected chi connectivity index (χ1v) is 6.98. The van der Waals surface area contributed by atoms with E-state index in [1.807, 2.05) is 24.3 Å². The lowest BCUT2D eigenvalue weighted by molar-refractivity contribution is 0.333. The van der Waals surface area contributed by atoms with Crippen molar-refractivity contribution in [3.8, 4) is 0 Å². The zero-order valence-electron chi connectivity index (χ0n) is 11.2. The molecule has 2 aromatic carbocycles. The molecule has 0 radical (unpaired) electrons. The first-order chi connectivity index (χ1) is 9.24. The number of nitrogens with one attached hydrogen (secondary N) is 1. The summed E-state index contributed by atoms with van der Waals surface area (Å²) in [5, 5.41) is 3.50. The molecule has 0 heterocycles. The van der Waals surface area contributed by atoms with Crippen molar-refractivity contribution < 1.29 is 0 Å². The average molecular weight is 272 g/mol. The quantitative estimate of drug-likeness (QED) is 0.618. The van der Waals surface area contributed by atoms with Crippen molar-refractivity contribution >= 4 is 18.3 Å². The molecule has 19 heavy (non-hydrogen) atoms. The summed E-state index contributed by atoms with van der Waals surface area (Å²) in [6, 6.07) is 20.7. The second-order valence-electron chi connectivity index (χ2n) is 4.71. The molecule has 2 nitrogen and oxygen atoms in total. The van der Waals surface area contributed by atoms with Gasteiger partial charge >= 0.3 is 0 Å². The Morgan fingerprint density at radius 3 is 2.21 bits per heavy atom. The standard InChI is InChI=1S/C16H20N2S/c1-18(12-14-8-4-2-5-9-14)13-16(19)17-15-10-6-3-7-11-15/h2-11,16-17,19H,12-13H2,1H3. The van der Waals surface area contributed by atoms with E-state index in [1.165, 1.54) is 5.56 Å². The van der Waals surface area contributed by atoms with E-state index in [1.54, 1.807) is 0 Å². The Kier molecular flexibility index (Phi) is 5.31. The fourth-order valence-corrected chi connectivity index (χ4v) is 2.46. The minimum Gasteiger partial charge on any atom is -0.372 e. The van der Waals surface area contributed by atoms with Crippen LogP contribution in [0.2, 0.25) is 0 Å². The van der Waals surface area contributed by atoms with Crippen LogP contribution in [0.15, 0.2) is 60.7 Å². The molecule has 1 atom stereocenters. The van der Waals surface area contributed by atoms with Crippen LogP contribution in [-0.2, 0) is 6.54 Å². The van der Waals surface area contributed by atoms with E-state index in [0.29, 0.717) is 0 Å². The number of nitrogens with zero attached hydrogens (tertiary/aromatic N) is 1. The van der Waals surface area contributed by atoms with Crippen LogP contribution in [-0.4, -0.2) is 23.9 Å². The van der Waals surface area contributed by atoms with Gasteiger partial charge in [0.15, 0.2) is 0 Å². The number of likely N-dealkylation sites (N-methyl/N-ethyl adjacent to an activating group) is 1. The van der Waals surface area contributed by atoms with E-state index in [9.17, 15) is 0 Å². The van der Waals surface area contributed by atoms with Crippen LogP contribution in [0.25, 0.3) is 0 Å². The molecule has 2 aromatic rings. The van der Waals surface area contributed by atoms with Gasteiger partial charge in [0.2, 0.25) is 0 Å². The molecular formula is C16H20N2S. The smallest absolute Gasteiger partial charge is 0.0821 e. The monoisotopic (exact) mass is 272 g/mol. The normalized spacial score (nSPS) is 12.4. The van der Waals surface area contributed by atoms with Crippen molar-refractivity contribution in [3.05, 3.63) is 66.2 Å². The van der Waals surface area contributed by atoms with Crippen LogP contribution in [0.5, 0.6) is 0 Å². The Balaban J connectivity index is 1.80. The van der Waals surface area contributed by atoms with Gasteiger partial charge in [-0.15, -0.1) is 0 Å². The highest BCUT2D eigenvalue weighted by atomic mass is 32.1. The number of thiol groups is 1. The summed E-state index contributed by atoms with van der Waals surface area (Å²) in [4.78, 5) is 2.27. The fourth-order valence-electron chi connectivity index (χ4n) is 2.03. The molecule has 1 N–H and O–H groups in total. The zero-order chi connectivity index (χ0) is 13.5. The second-order valence-corrected chi connectivity index (χ2v) is 5.33. The van der Waals surface area contributed by atoms with Crippen molar-refractivity contribution in [2.24, 2.45) is 0 Å². The predicted octanol–water partition coefficient (Wildman–Crippen LogP) is 3.49. The highest BCUT2D eigenvalue weighted by Gasteiger charge is 2.07. The van der Waals surface area contributed by atoms with Crippen LogP contribution in [0.1, 0.15) is 5.56 Å². The first kappa shape index (κ1) is 14.0. The molecule has 3 heteroatoms. The second kappa shape index (κ2) is 7.22. The first-order valence-electron chi connectivity index (χ1n) is 6.46. The molecule has 0 saturated carbocycles. The Bertz CT molecular complexity index is 427. The summed E-state index contributed by atoms with van der Waals surface area (Å²) >= 11 is 4.59. The third-order valence-corrected chi connectivity index (χ3v) is 3.18. The number of hydrogen-bond donors (Lipinski definition) is 2. The fraction of sp³-hybridized carbons (Fsp3) is 0.250. The molecule has 0 aliphatic rings. The van der Waals surface area contributed by atoms with Gasteiger partial charge in [-0.1, -0.05) is 48.5 Å². The lowest BCUT2D eigenvalue weighted by atomic mass is 10.2. The highest BCUT2D eigenvalue weighted by Crippen LogP contribution is 2.10. The summed E-state index contributed by atoms with van der Waals surface area (Å²) in [5.74, 6) is 0.